The van der Waals surface area contributed by atoms with Gasteiger partial charge >= 0.3 is 0 Å². The van der Waals surface area contributed by atoms with Gasteiger partial charge in [0, 0.05) is 17.7 Å². The Morgan fingerprint density at radius 3 is 2.63 bits per heavy atom. The molecule has 1 atom stereocenters. The summed E-state index contributed by atoms with van der Waals surface area (Å²) in [4.78, 5) is 35.1. The van der Waals surface area contributed by atoms with Crippen LogP contribution in [0.5, 0.6) is 0 Å². The van der Waals surface area contributed by atoms with E-state index in [0.29, 0.717) is 23.5 Å². The smallest absolute Gasteiger partial charge is 0.254 e. The molecular weight excluding hydrogens is 344 g/mol. The first kappa shape index (κ1) is 18.5. The van der Waals surface area contributed by atoms with Gasteiger partial charge in [-0.25, -0.2) is 14.6 Å². The second-order valence-electron chi connectivity index (χ2n) is 6.44. The lowest BCUT2D eigenvalue weighted by atomic mass is 10.1. The third kappa shape index (κ3) is 4.46. The van der Waals surface area contributed by atoms with Gasteiger partial charge in [-0.05, 0) is 44.9 Å². The lowest BCUT2D eigenvalue weighted by molar-refractivity contribution is -0.121. The highest BCUT2D eigenvalue weighted by Gasteiger charge is 2.13. The molecule has 2 heterocycles. The maximum absolute atomic E-state index is 12.3. The van der Waals surface area contributed by atoms with E-state index in [1.54, 1.807) is 24.9 Å². The van der Waals surface area contributed by atoms with Crippen molar-refractivity contribution < 1.29 is 4.79 Å². The first-order chi connectivity index (χ1) is 12.9. The van der Waals surface area contributed by atoms with Crippen molar-refractivity contribution in [2.45, 2.75) is 39.7 Å². The average Bonchev–Trinajstić information content (AvgIpc) is 3.15. The number of aromatic amines is 1. The van der Waals surface area contributed by atoms with E-state index < -0.39 is 0 Å². The molecule has 8 nitrogen and oxygen atoms in total. The largest absolute Gasteiger partial charge is 0.350 e. The van der Waals surface area contributed by atoms with Crippen LogP contribution < -0.4 is 10.9 Å². The fourth-order valence-corrected chi connectivity index (χ4v) is 2.94. The summed E-state index contributed by atoms with van der Waals surface area (Å²) in [6.45, 7) is 5.45. The monoisotopic (exact) mass is 366 g/mol. The molecule has 2 N–H and O–H groups in total. The van der Waals surface area contributed by atoms with Crippen molar-refractivity contribution in [3.05, 3.63) is 69.9 Å². The van der Waals surface area contributed by atoms with Crippen LogP contribution in [0, 0.1) is 13.8 Å². The number of amides is 1. The first-order valence-corrected chi connectivity index (χ1v) is 8.75. The van der Waals surface area contributed by atoms with Gasteiger partial charge in [-0.2, -0.15) is 5.10 Å². The zero-order chi connectivity index (χ0) is 19.4. The first-order valence-electron chi connectivity index (χ1n) is 8.75. The van der Waals surface area contributed by atoms with Gasteiger partial charge in [0.25, 0.3) is 5.56 Å². The molecule has 8 heteroatoms. The van der Waals surface area contributed by atoms with Gasteiger partial charge in [0.1, 0.15) is 18.5 Å². The number of H-pyrrole nitrogens is 1. The molecule has 0 radical (unpaired) electrons. The Labute approximate surface area is 156 Å². The van der Waals surface area contributed by atoms with Crippen molar-refractivity contribution in [1.29, 1.82) is 0 Å². The highest BCUT2D eigenvalue weighted by molar-refractivity contribution is 5.76. The minimum absolute atomic E-state index is 0.109. The second kappa shape index (κ2) is 7.94. The van der Waals surface area contributed by atoms with Crippen LogP contribution in [0.25, 0.3) is 5.69 Å². The van der Waals surface area contributed by atoms with Crippen LogP contribution in [-0.4, -0.2) is 30.6 Å². The maximum Gasteiger partial charge on any atom is 0.254 e. The molecule has 3 rings (SSSR count). The molecule has 2 aromatic heterocycles. The molecule has 3 aromatic rings. The van der Waals surface area contributed by atoms with E-state index in [-0.39, 0.29) is 23.9 Å². The number of carbonyl (C=O) groups excluding carboxylic acids is 1. The molecule has 0 unspecified atom stereocenters. The molecule has 0 spiro atoms. The minimum Gasteiger partial charge on any atom is -0.350 e. The molecule has 0 fully saturated rings. The minimum atomic E-state index is -0.176. The summed E-state index contributed by atoms with van der Waals surface area (Å²) in [6, 6.07) is 7.60. The van der Waals surface area contributed by atoms with Crippen molar-refractivity contribution in [3.63, 3.8) is 0 Å². The van der Waals surface area contributed by atoms with Gasteiger partial charge in [0.15, 0.2) is 0 Å². The van der Waals surface area contributed by atoms with Crippen LogP contribution in [0.1, 0.15) is 42.0 Å². The molecule has 0 aliphatic heterocycles. The fraction of sp³-hybridized carbons (Fsp3) is 0.316. The number of aromatic nitrogens is 5. The van der Waals surface area contributed by atoms with Gasteiger partial charge in [-0.15, -0.1) is 0 Å². The number of aryl methyl sites for hydroxylation is 2. The van der Waals surface area contributed by atoms with Gasteiger partial charge in [-0.3, -0.25) is 9.59 Å². The van der Waals surface area contributed by atoms with Crippen LogP contribution in [0.2, 0.25) is 0 Å². The van der Waals surface area contributed by atoms with Crippen molar-refractivity contribution in [2.75, 3.05) is 0 Å². The summed E-state index contributed by atoms with van der Waals surface area (Å²) >= 11 is 0. The fourth-order valence-electron chi connectivity index (χ4n) is 2.94. The predicted octanol–water partition coefficient (Wildman–Crippen LogP) is 1.78. The number of benzene rings is 1. The SMILES string of the molecule is Cc1nc(C)c(CCC(=O)N[C@@H](C)c2ccc(-n3cncn3)cc2)c(=O)[nH]1. The molecule has 0 aliphatic carbocycles. The number of hydrogen-bond donors (Lipinski definition) is 2. The Morgan fingerprint density at radius 1 is 1.26 bits per heavy atom. The number of hydrogen-bond acceptors (Lipinski definition) is 5. The molecular formula is C19H22N6O2. The molecule has 1 amide bonds. The molecule has 0 saturated carbocycles. The van der Waals surface area contributed by atoms with Crippen LogP contribution in [-0.2, 0) is 11.2 Å². The topological polar surface area (TPSA) is 106 Å². The Morgan fingerprint density at radius 2 is 2.00 bits per heavy atom. The van der Waals surface area contributed by atoms with Gasteiger partial charge < -0.3 is 10.3 Å². The standard InChI is InChI=1S/C19H22N6O2/c1-12(15-4-6-16(7-5-15)25-11-20-10-21-25)23-18(26)9-8-17-13(2)22-14(3)24-19(17)27/h4-7,10-12H,8-9H2,1-3H3,(H,23,26)(H,22,24,27)/t12-/m0/s1. The Balaban J connectivity index is 1.58. The van der Waals surface area contributed by atoms with E-state index in [0.717, 1.165) is 11.3 Å². The quantitative estimate of drug-likeness (QED) is 0.692. The average molecular weight is 366 g/mol. The lowest BCUT2D eigenvalue weighted by Gasteiger charge is -2.15. The van der Waals surface area contributed by atoms with Crippen LogP contribution >= 0.6 is 0 Å². The van der Waals surface area contributed by atoms with Gasteiger partial charge in [-0.1, -0.05) is 12.1 Å². The van der Waals surface area contributed by atoms with E-state index in [1.807, 2.05) is 31.2 Å². The summed E-state index contributed by atoms with van der Waals surface area (Å²) in [5.41, 5.74) is 2.93. The summed E-state index contributed by atoms with van der Waals surface area (Å²) in [5, 5.41) is 7.05. The summed E-state index contributed by atoms with van der Waals surface area (Å²) in [6.07, 6.45) is 3.70. The van der Waals surface area contributed by atoms with Crippen molar-refractivity contribution in [2.24, 2.45) is 0 Å². The van der Waals surface area contributed by atoms with Crippen LogP contribution in [0.3, 0.4) is 0 Å². The van der Waals surface area contributed by atoms with Crippen molar-refractivity contribution in [1.82, 2.24) is 30.0 Å². The summed E-state index contributed by atoms with van der Waals surface area (Å²) in [7, 11) is 0. The molecule has 140 valence electrons. The highest BCUT2D eigenvalue weighted by Crippen LogP contribution is 2.15. The maximum atomic E-state index is 12.3. The molecule has 0 saturated heterocycles. The van der Waals surface area contributed by atoms with E-state index >= 15 is 0 Å². The third-order valence-corrected chi connectivity index (χ3v) is 4.40. The summed E-state index contributed by atoms with van der Waals surface area (Å²) < 4.78 is 1.67. The highest BCUT2D eigenvalue weighted by atomic mass is 16.1. The zero-order valence-electron chi connectivity index (χ0n) is 15.6. The predicted molar refractivity (Wildman–Crippen MR) is 101 cm³/mol. The number of carbonyl (C=O) groups is 1. The molecule has 1 aromatic carbocycles. The third-order valence-electron chi connectivity index (χ3n) is 4.40. The molecule has 0 aliphatic rings. The lowest BCUT2D eigenvalue weighted by Crippen LogP contribution is -2.28. The van der Waals surface area contributed by atoms with E-state index in [9.17, 15) is 9.59 Å². The Bertz CT molecular complexity index is 976. The summed E-state index contributed by atoms with van der Waals surface area (Å²) in [5.74, 6) is 0.468. The Kier molecular flexibility index (Phi) is 5.44. The Hall–Kier alpha value is -3.29. The molecule has 27 heavy (non-hydrogen) atoms. The van der Waals surface area contributed by atoms with Crippen LogP contribution in [0.4, 0.5) is 0 Å². The van der Waals surface area contributed by atoms with Crippen molar-refractivity contribution >= 4 is 5.91 Å². The second-order valence-corrected chi connectivity index (χ2v) is 6.44. The van der Waals surface area contributed by atoms with E-state index in [2.05, 4.69) is 25.4 Å². The number of nitrogens with zero attached hydrogens (tertiary/aromatic N) is 4. The van der Waals surface area contributed by atoms with E-state index in [1.165, 1.54) is 6.33 Å². The normalized spacial score (nSPS) is 12.0. The van der Waals surface area contributed by atoms with Crippen molar-refractivity contribution in [3.8, 4) is 5.69 Å². The van der Waals surface area contributed by atoms with E-state index in [4.69, 9.17) is 0 Å². The number of nitrogens with one attached hydrogen (secondary N) is 2. The number of rotatable bonds is 6. The van der Waals surface area contributed by atoms with Gasteiger partial charge in [0.05, 0.1) is 11.7 Å². The zero-order valence-corrected chi connectivity index (χ0v) is 15.6. The molecule has 0 bridgehead atoms. The van der Waals surface area contributed by atoms with Crippen LogP contribution in [0.15, 0.2) is 41.7 Å². The van der Waals surface area contributed by atoms with Gasteiger partial charge in [0.2, 0.25) is 5.91 Å².